The van der Waals surface area contributed by atoms with Gasteiger partial charge in [-0.3, -0.25) is 4.79 Å². The molecule has 1 amide bonds. The molecule has 0 aliphatic rings. The van der Waals surface area contributed by atoms with Crippen molar-refractivity contribution in [2.45, 2.75) is 26.4 Å². The third kappa shape index (κ3) is 8.67. The van der Waals surface area contributed by atoms with Gasteiger partial charge < -0.3 is 29.0 Å². The van der Waals surface area contributed by atoms with E-state index in [-0.39, 0.29) is 30.2 Å². The first-order valence-electron chi connectivity index (χ1n) is 10.9. The largest absolute Gasteiger partial charge is 0.490 e. The first kappa shape index (κ1) is 27.8. The third-order valence-electron chi connectivity index (χ3n) is 4.40. The first-order chi connectivity index (χ1) is 16.7. The van der Waals surface area contributed by atoms with Crippen LogP contribution < -0.4 is 19.5 Å². The maximum Gasteiger partial charge on any atom is 0.416 e. The van der Waals surface area contributed by atoms with Crippen LogP contribution in [0.3, 0.4) is 0 Å². The van der Waals surface area contributed by atoms with Crippen LogP contribution in [0, 0.1) is 0 Å². The number of anilines is 1. The van der Waals surface area contributed by atoms with Crippen molar-refractivity contribution in [3.63, 3.8) is 0 Å². The number of benzene rings is 2. The summed E-state index contributed by atoms with van der Waals surface area (Å²) in [6, 6.07) is 7.12. The fraction of sp³-hybridized carbons (Fsp3) is 0.417. The Morgan fingerprint density at radius 2 is 1.60 bits per heavy atom. The zero-order valence-electron chi connectivity index (χ0n) is 19.7. The standard InChI is InChI=1S/C24H28F3NO7/c1-4-10-33-20-8-6-16(13-21(20)32-5-2)23(30)35-15-22(29)28-18-14-17(24(25,26)27)7-9-19(18)34-12-11-31-3/h6-9,13-14H,4-5,10-12,15H2,1-3H3,(H,28,29). The normalized spacial score (nSPS) is 11.0. The molecule has 0 aromatic heterocycles. The molecule has 0 spiro atoms. The van der Waals surface area contributed by atoms with E-state index in [2.05, 4.69) is 5.32 Å². The summed E-state index contributed by atoms with van der Waals surface area (Å²) in [5.41, 5.74) is -1.07. The molecule has 0 fully saturated rings. The van der Waals surface area contributed by atoms with Gasteiger partial charge in [-0.2, -0.15) is 13.2 Å². The summed E-state index contributed by atoms with van der Waals surface area (Å²) in [4.78, 5) is 24.8. The van der Waals surface area contributed by atoms with Crippen molar-refractivity contribution >= 4 is 17.6 Å². The number of halogens is 3. The van der Waals surface area contributed by atoms with Gasteiger partial charge in [-0.05, 0) is 49.7 Å². The van der Waals surface area contributed by atoms with Gasteiger partial charge >= 0.3 is 12.1 Å². The molecule has 0 saturated carbocycles. The van der Waals surface area contributed by atoms with Crippen LogP contribution in [0.4, 0.5) is 18.9 Å². The van der Waals surface area contributed by atoms with Crippen molar-refractivity contribution in [1.82, 2.24) is 0 Å². The Kier molecular flexibility index (Phi) is 10.7. The lowest BCUT2D eigenvalue weighted by atomic mass is 10.1. The number of alkyl halides is 3. The number of carbonyl (C=O) groups is 2. The maximum atomic E-state index is 13.1. The molecule has 0 saturated heterocycles. The average molecular weight is 499 g/mol. The van der Waals surface area contributed by atoms with E-state index in [1.54, 1.807) is 13.0 Å². The van der Waals surface area contributed by atoms with Crippen molar-refractivity contribution in [1.29, 1.82) is 0 Å². The third-order valence-corrected chi connectivity index (χ3v) is 4.40. The minimum absolute atomic E-state index is 0.0127. The van der Waals surface area contributed by atoms with E-state index in [9.17, 15) is 22.8 Å². The monoisotopic (exact) mass is 499 g/mol. The number of rotatable bonds is 13. The molecule has 11 heteroatoms. The molecule has 0 atom stereocenters. The highest BCUT2D eigenvalue weighted by molar-refractivity contribution is 5.96. The summed E-state index contributed by atoms with van der Waals surface area (Å²) in [6.45, 7) is 4.06. The van der Waals surface area contributed by atoms with Crippen molar-refractivity contribution in [2.24, 2.45) is 0 Å². The minimum atomic E-state index is -4.62. The number of hydrogen-bond donors (Lipinski definition) is 1. The molecule has 2 rings (SSSR count). The number of hydrogen-bond acceptors (Lipinski definition) is 7. The van der Waals surface area contributed by atoms with Crippen molar-refractivity contribution < 1.29 is 46.4 Å². The molecule has 2 aromatic rings. The number of amides is 1. The summed E-state index contributed by atoms with van der Waals surface area (Å²) < 4.78 is 65.6. The highest BCUT2D eigenvalue weighted by Crippen LogP contribution is 2.35. The molecule has 0 unspecified atom stereocenters. The Balaban J connectivity index is 2.08. The second-order valence-electron chi connectivity index (χ2n) is 7.12. The van der Waals surface area contributed by atoms with E-state index in [1.165, 1.54) is 19.2 Å². The van der Waals surface area contributed by atoms with Crippen LogP contribution in [0.15, 0.2) is 36.4 Å². The van der Waals surface area contributed by atoms with E-state index in [0.29, 0.717) is 24.7 Å². The van der Waals surface area contributed by atoms with Gasteiger partial charge in [-0.15, -0.1) is 0 Å². The summed E-state index contributed by atoms with van der Waals surface area (Å²) in [7, 11) is 1.44. The SMILES string of the molecule is CCCOc1ccc(C(=O)OCC(=O)Nc2cc(C(F)(F)F)ccc2OCCOC)cc1OCC. The van der Waals surface area contributed by atoms with E-state index in [1.807, 2.05) is 6.92 Å². The molecule has 35 heavy (non-hydrogen) atoms. The number of ether oxygens (including phenoxy) is 5. The zero-order valence-corrected chi connectivity index (χ0v) is 19.7. The van der Waals surface area contributed by atoms with Crippen LogP contribution >= 0.6 is 0 Å². The van der Waals surface area contributed by atoms with E-state index in [0.717, 1.165) is 24.6 Å². The molecular weight excluding hydrogens is 471 g/mol. The Labute approximate surface area is 201 Å². The predicted octanol–water partition coefficient (Wildman–Crippen LogP) is 4.71. The van der Waals surface area contributed by atoms with Gasteiger partial charge in [0.1, 0.15) is 12.4 Å². The number of esters is 1. The number of methoxy groups -OCH3 is 1. The predicted molar refractivity (Wildman–Crippen MR) is 121 cm³/mol. The van der Waals surface area contributed by atoms with Crippen molar-refractivity contribution in [3.8, 4) is 17.2 Å². The molecule has 2 aromatic carbocycles. The fourth-order valence-corrected chi connectivity index (χ4v) is 2.80. The molecule has 0 aliphatic carbocycles. The quantitative estimate of drug-likeness (QED) is 0.315. The van der Waals surface area contributed by atoms with Crippen LogP contribution in [0.2, 0.25) is 0 Å². The van der Waals surface area contributed by atoms with Crippen molar-refractivity contribution in [2.75, 3.05) is 45.5 Å². The molecule has 0 bridgehead atoms. The van der Waals surface area contributed by atoms with Crippen LogP contribution in [-0.4, -0.2) is 52.0 Å². The summed E-state index contributed by atoms with van der Waals surface area (Å²) in [5.74, 6) is -0.833. The topological polar surface area (TPSA) is 92.3 Å². The molecule has 1 N–H and O–H groups in total. The van der Waals surface area contributed by atoms with Gasteiger partial charge in [0.15, 0.2) is 18.1 Å². The Morgan fingerprint density at radius 1 is 0.886 bits per heavy atom. The second kappa shape index (κ2) is 13.4. The summed E-state index contributed by atoms with van der Waals surface area (Å²) in [6.07, 6.45) is -3.84. The fourth-order valence-electron chi connectivity index (χ4n) is 2.80. The van der Waals surface area contributed by atoms with E-state index < -0.39 is 30.2 Å². The smallest absolute Gasteiger partial charge is 0.416 e. The van der Waals surface area contributed by atoms with Gasteiger partial charge in [0, 0.05) is 7.11 Å². The van der Waals surface area contributed by atoms with Gasteiger partial charge in [0.25, 0.3) is 5.91 Å². The molecule has 0 radical (unpaired) electrons. The summed E-state index contributed by atoms with van der Waals surface area (Å²) in [5, 5.41) is 2.29. The maximum absolute atomic E-state index is 13.1. The lowest BCUT2D eigenvalue weighted by Crippen LogP contribution is -2.22. The molecule has 0 aliphatic heterocycles. The van der Waals surface area contributed by atoms with Crippen LogP contribution in [0.25, 0.3) is 0 Å². The Hall–Kier alpha value is -3.47. The minimum Gasteiger partial charge on any atom is -0.490 e. The second-order valence-corrected chi connectivity index (χ2v) is 7.12. The van der Waals surface area contributed by atoms with E-state index >= 15 is 0 Å². The summed E-state index contributed by atoms with van der Waals surface area (Å²) >= 11 is 0. The molecule has 8 nitrogen and oxygen atoms in total. The highest BCUT2D eigenvalue weighted by atomic mass is 19.4. The number of nitrogens with one attached hydrogen (secondary N) is 1. The Morgan fingerprint density at radius 3 is 2.26 bits per heavy atom. The van der Waals surface area contributed by atoms with Crippen LogP contribution in [0.5, 0.6) is 17.2 Å². The lowest BCUT2D eigenvalue weighted by Gasteiger charge is -2.15. The number of carbonyl (C=O) groups excluding carboxylic acids is 2. The highest BCUT2D eigenvalue weighted by Gasteiger charge is 2.31. The van der Waals surface area contributed by atoms with Gasteiger partial charge in [-0.1, -0.05) is 6.92 Å². The van der Waals surface area contributed by atoms with Crippen molar-refractivity contribution in [3.05, 3.63) is 47.5 Å². The zero-order chi connectivity index (χ0) is 25.8. The Bertz CT molecular complexity index is 996. The first-order valence-corrected chi connectivity index (χ1v) is 10.9. The van der Waals surface area contributed by atoms with E-state index in [4.69, 9.17) is 23.7 Å². The van der Waals surface area contributed by atoms with Crippen LogP contribution in [-0.2, 0) is 20.4 Å². The molecule has 192 valence electrons. The molecule has 0 heterocycles. The van der Waals surface area contributed by atoms with Gasteiger partial charge in [-0.25, -0.2) is 4.79 Å². The molecular formula is C24H28F3NO7. The van der Waals surface area contributed by atoms with Crippen LogP contribution in [0.1, 0.15) is 36.2 Å². The van der Waals surface area contributed by atoms with Gasteiger partial charge in [0.05, 0.1) is 36.6 Å². The lowest BCUT2D eigenvalue weighted by molar-refractivity contribution is -0.137. The van der Waals surface area contributed by atoms with Gasteiger partial charge in [0.2, 0.25) is 0 Å². The average Bonchev–Trinajstić information content (AvgIpc) is 2.82.